The van der Waals surface area contributed by atoms with Crippen LogP contribution in [0.5, 0.6) is 0 Å². The molecule has 1 aliphatic carbocycles. The molecule has 3 aliphatic rings. The molecule has 23 heavy (non-hydrogen) atoms. The topological polar surface area (TPSA) is 79.0 Å². The number of aromatic nitrogens is 2. The highest BCUT2D eigenvalue weighted by Gasteiger charge is 2.57. The highest BCUT2D eigenvalue weighted by atomic mass is 35.5. The summed E-state index contributed by atoms with van der Waals surface area (Å²) in [6, 6.07) is 1.99. The van der Waals surface area contributed by atoms with Crippen molar-refractivity contribution >= 4 is 24.1 Å². The third-order valence-electron chi connectivity index (χ3n) is 5.62. The van der Waals surface area contributed by atoms with Crippen molar-refractivity contribution in [2.24, 2.45) is 11.3 Å². The molecule has 3 heterocycles. The molecule has 3 N–H and O–H groups in total. The maximum atomic E-state index is 12.4. The summed E-state index contributed by atoms with van der Waals surface area (Å²) in [5.74, 6) is 1.47. The molecule has 1 unspecified atom stereocenters. The van der Waals surface area contributed by atoms with E-state index in [2.05, 4.69) is 20.8 Å². The van der Waals surface area contributed by atoms with Crippen molar-refractivity contribution in [2.45, 2.75) is 38.0 Å². The second kappa shape index (κ2) is 6.79. The van der Waals surface area contributed by atoms with Crippen LogP contribution in [0.2, 0.25) is 0 Å². The highest BCUT2D eigenvalue weighted by molar-refractivity contribution is 5.94. The SMILES string of the molecule is Cl.O=C(Nc1cc(C2CCOCC2)[nH]n1)C1CC12CCNCC2. The normalized spacial score (nSPS) is 26.5. The minimum Gasteiger partial charge on any atom is -0.381 e. The van der Waals surface area contributed by atoms with Gasteiger partial charge in [0.1, 0.15) is 0 Å². The van der Waals surface area contributed by atoms with Crippen LogP contribution in [0, 0.1) is 11.3 Å². The molecule has 4 rings (SSSR count). The fourth-order valence-corrected chi connectivity index (χ4v) is 4.03. The van der Waals surface area contributed by atoms with E-state index >= 15 is 0 Å². The molecule has 7 heteroatoms. The van der Waals surface area contributed by atoms with Gasteiger partial charge >= 0.3 is 0 Å². The monoisotopic (exact) mass is 340 g/mol. The van der Waals surface area contributed by atoms with Crippen LogP contribution in [0.3, 0.4) is 0 Å². The Morgan fingerprint density at radius 1 is 1.30 bits per heavy atom. The first kappa shape index (κ1) is 16.7. The van der Waals surface area contributed by atoms with E-state index in [0.717, 1.165) is 64.1 Å². The maximum absolute atomic E-state index is 12.4. The second-order valence-electron chi connectivity index (χ2n) is 6.95. The summed E-state index contributed by atoms with van der Waals surface area (Å²) in [5, 5.41) is 13.7. The van der Waals surface area contributed by atoms with Gasteiger partial charge < -0.3 is 15.4 Å². The zero-order valence-corrected chi connectivity index (χ0v) is 14.1. The van der Waals surface area contributed by atoms with Gasteiger partial charge in [-0.1, -0.05) is 0 Å². The number of anilines is 1. The first-order valence-electron chi connectivity index (χ1n) is 8.41. The van der Waals surface area contributed by atoms with E-state index in [0.29, 0.717) is 11.7 Å². The number of carbonyl (C=O) groups excluding carboxylic acids is 1. The number of halogens is 1. The largest absolute Gasteiger partial charge is 0.381 e. The summed E-state index contributed by atoms with van der Waals surface area (Å²) in [6.07, 6.45) is 5.33. The van der Waals surface area contributed by atoms with Gasteiger partial charge in [0.05, 0.1) is 0 Å². The number of carbonyl (C=O) groups is 1. The lowest BCUT2D eigenvalue weighted by Crippen LogP contribution is -2.31. The molecule has 0 bridgehead atoms. The molecule has 3 fully saturated rings. The van der Waals surface area contributed by atoms with Crippen LogP contribution >= 0.6 is 12.4 Å². The Balaban J connectivity index is 0.00000156. The van der Waals surface area contributed by atoms with Crippen LogP contribution in [0.25, 0.3) is 0 Å². The molecular weight excluding hydrogens is 316 g/mol. The maximum Gasteiger partial charge on any atom is 0.229 e. The predicted octanol–water partition coefficient (Wildman–Crippen LogP) is 2.05. The zero-order valence-electron chi connectivity index (χ0n) is 13.3. The zero-order chi connectivity index (χ0) is 15.0. The lowest BCUT2D eigenvalue weighted by molar-refractivity contribution is -0.118. The first-order chi connectivity index (χ1) is 10.8. The Morgan fingerprint density at radius 2 is 2.04 bits per heavy atom. The Morgan fingerprint density at radius 3 is 2.78 bits per heavy atom. The molecule has 0 radical (unpaired) electrons. The number of H-pyrrole nitrogens is 1. The van der Waals surface area contributed by atoms with E-state index in [9.17, 15) is 4.79 Å². The number of aromatic amines is 1. The van der Waals surface area contributed by atoms with Gasteiger partial charge in [0.25, 0.3) is 0 Å². The smallest absolute Gasteiger partial charge is 0.229 e. The molecule has 1 atom stereocenters. The number of amides is 1. The lowest BCUT2D eigenvalue weighted by atomic mass is 9.92. The summed E-state index contributed by atoms with van der Waals surface area (Å²) in [4.78, 5) is 12.4. The van der Waals surface area contributed by atoms with E-state index in [-0.39, 0.29) is 29.6 Å². The molecule has 1 amide bonds. The van der Waals surface area contributed by atoms with Gasteiger partial charge in [-0.15, -0.1) is 12.4 Å². The third-order valence-corrected chi connectivity index (χ3v) is 5.62. The highest BCUT2D eigenvalue weighted by Crippen LogP contribution is 2.58. The molecule has 0 aromatic carbocycles. The Kier molecular flexibility index (Phi) is 4.94. The van der Waals surface area contributed by atoms with Crippen molar-refractivity contribution in [1.82, 2.24) is 15.5 Å². The van der Waals surface area contributed by atoms with E-state index in [1.165, 1.54) is 0 Å². The number of piperidine rings is 1. The van der Waals surface area contributed by atoms with Crippen LogP contribution in [-0.4, -0.2) is 42.4 Å². The van der Waals surface area contributed by atoms with Crippen molar-refractivity contribution in [3.63, 3.8) is 0 Å². The predicted molar refractivity (Wildman–Crippen MR) is 89.9 cm³/mol. The average molecular weight is 341 g/mol. The molecule has 2 aliphatic heterocycles. The summed E-state index contributed by atoms with van der Waals surface area (Å²) in [6.45, 7) is 3.70. The van der Waals surface area contributed by atoms with Gasteiger partial charge in [-0.3, -0.25) is 9.89 Å². The Bertz CT molecular complexity index is 550. The molecule has 1 spiro atoms. The molecule has 1 aromatic rings. The number of hydrogen-bond acceptors (Lipinski definition) is 4. The summed E-state index contributed by atoms with van der Waals surface area (Å²) in [7, 11) is 0. The average Bonchev–Trinajstić information content (AvgIpc) is 3.04. The molecule has 1 saturated carbocycles. The molecule has 2 saturated heterocycles. The summed E-state index contributed by atoms with van der Waals surface area (Å²) >= 11 is 0. The summed E-state index contributed by atoms with van der Waals surface area (Å²) < 4.78 is 5.39. The Labute approximate surface area is 142 Å². The van der Waals surface area contributed by atoms with Crippen LogP contribution in [0.4, 0.5) is 5.82 Å². The molecule has 6 nitrogen and oxygen atoms in total. The van der Waals surface area contributed by atoms with Gasteiger partial charge in [0.15, 0.2) is 5.82 Å². The molecule has 128 valence electrons. The van der Waals surface area contributed by atoms with Gasteiger partial charge in [-0.05, 0) is 50.6 Å². The van der Waals surface area contributed by atoms with E-state index < -0.39 is 0 Å². The standard InChI is InChI=1S/C16H24N4O2.ClH/c21-15(12-10-16(12)3-5-17-6-4-16)18-14-9-13(19-20-14)11-1-7-22-8-2-11;/h9,11-12,17H,1-8,10H2,(H2,18,19,20,21);1H. The number of ether oxygens (including phenoxy) is 1. The molecular formula is C16H25ClN4O2. The fourth-order valence-electron chi connectivity index (χ4n) is 4.03. The van der Waals surface area contributed by atoms with Crippen molar-refractivity contribution in [3.05, 3.63) is 11.8 Å². The third kappa shape index (κ3) is 3.39. The fraction of sp³-hybridized carbons (Fsp3) is 0.750. The van der Waals surface area contributed by atoms with Gasteiger partial charge in [-0.25, -0.2) is 0 Å². The minimum absolute atomic E-state index is 0. The lowest BCUT2D eigenvalue weighted by Gasteiger charge is -2.23. The summed E-state index contributed by atoms with van der Waals surface area (Å²) in [5.41, 5.74) is 1.39. The molecule has 1 aromatic heterocycles. The van der Waals surface area contributed by atoms with E-state index in [1.807, 2.05) is 6.07 Å². The van der Waals surface area contributed by atoms with Gasteiger partial charge in [-0.2, -0.15) is 5.10 Å². The van der Waals surface area contributed by atoms with Crippen LogP contribution < -0.4 is 10.6 Å². The first-order valence-corrected chi connectivity index (χ1v) is 8.41. The van der Waals surface area contributed by atoms with E-state index in [4.69, 9.17) is 4.74 Å². The van der Waals surface area contributed by atoms with Crippen molar-refractivity contribution in [1.29, 1.82) is 0 Å². The number of nitrogens with one attached hydrogen (secondary N) is 3. The van der Waals surface area contributed by atoms with Crippen LogP contribution in [0.1, 0.15) is 43.7 Å². The number of rotatable bonds is 3. The second-order valence-corrected chi connectivity index (χ2v) is 6.95. The minimum atomic E-state index is 0. The van der Waals surface area contributed by atoms with Gasteiger partial charge in [0.2, 0.25) is 5.91 Å². The quantitative estimate of drug-likeness (QED) is 0.787. The van der Waals surface area contributed by atoms with Crippen molar-refractivity contribution < 1.29 is 9.53 Å². The Hall–Kier alpha value is -1.11. The van der Waals surface area contributed by atoms with Crippen molar-refractivity contribution in [3.8, 4) is 0 Å². The number of hydrogen-bond donors (Lipinski definition) is 3. The van der Waals surface area contributed by atoms with Gasteiger partial charge in [0, 0.05) is 36.8 Å². The van der Waals surface area contributed by atoms with Crippen LogP contribution in [-0.2, 0) is 9.53 Å². The van der Waals surface area contributed by atoms with Crippen LogP contribution in [0.15, 0.2) is 6.07 Å². The number of nitrogens with zero attached hydrogens (tertiary/aromatic N) is 1. The van der Waals surface area contributed by atoms with E-state index in [1.54, 1.807) is 0 Å². The van der Waals surface area contributed by atoms with Crippen molar-refractivity contribution in [2.75, 3.05) is 31.6 Å².